The largest absolute Gasteiger partial charge is 0.337 e. The number of anilines is 1. The van der Waals surface area contributed by atoms with Gasteiger partial charge >= 0.3 is 0 Å². The number of hydrazone groups is 1. The maximum absolute atomic E-state index is 13.0. The number of thiazole rings is 1. The fraction of sp³-hybridized carbons (Fsp3) is 0.235. The Morgan fingerprint density at radius 3 is 2.64 bits per heavy atom. The zero-order chi connectivity index (χ0) is 17.7. The Kier molecular flexibility index (Phi) is 3.81. The first-order valence-electron chi connectivity index (χ1n) is 7.86. The predicted octanol–water partition coefficient (Wildman–Crippen LogP) is 0.894. The smallest absolute Gasteiger partial charge is 0.276 e. The molecule has 0 spiro atoms. The van der Waals surface area contributed by atoms with Crippen molar-refractivity contribution in [3.05, 3.63) is 43.8 Å². The summed E-state index contributed by atoms with van der Waals surface area (Å²) < 4.78 is 2.97. The molecule has 3 heterocycles. The summed E-state index contributed by atoms with van der Waals surface area (Å²) in [6, 6.07) is 8.07. The molecule has 25 heavy (non-hydrogen) atoms. The van der Waals surface area contributed by atoms with Crippen LogP contribution in [0, 0.1) is 0 Å². The van der Waals surface area contributed by atoms with Gasteiger partial charge in [-0.15, -0.1) is 11.3 Å². The van der Waals surface area contributed by atoms with Gasteiger partial charge < -0.3 is 4.90 Å². The van der Waals surface area contributed by atoms with Crippen LogP contribution in [0.25, 0.3) is 10.6 Å². The SMILES string of the molecule is CCn1c(=O)/c(=C2/Sc3ccccc3N2C)s/c1=C1/C(=O)NN=C1C. The van der Waals surface area contributed by atoms with Crippen LogP contribution in [0.4, 0.5) is 5.69 Å². The van der Waals surface area contributed by atoms with Crippen LogP contribution >= 0.6 is 23.1 Å². The topological polar surface area (TPSA) is 66.7 Å². The van der Waals surface area contributed by atoms with E-state index < -0.39 is 0 Å². The summed E-state index contributed by atoms with van der Waals surface area (Å²) in [5.74, 6) is -0.256. The molecule has 0 aliphatic carbocycles. The van der Waals surface area contributed by atoms with E-state index in [4.69, 9.17) is 0 Å². The zero-order valence-electron chi connectivity index (χ0n) is 14.0. The zero-order valence-corrected chi connectivity index (χ0v) is 15.6. The normalized spacial score (nSPS) is 20.7. The number of amides is 1. The molecule has 1 N–H and O–H groups in total. The lowest BCUT2D eigenvalue weighted by atomic mass is 10.2. The molecule has 1 amide bonds. The number of benzene rings is 1. The first-order valence-corrected chi connectivity index (χ1v) is 9.50. The van der Waals surface area contributed by atoms with E-state index in [9.17, 15) is 9.59 Å². The van der Waals surface area contributed by atoms with Crippen molar-refractivity contribution >= 4 is 51.0 Å². The van der Waals surface area contributed by atoms with E-state index in [1.165, 1.54) is 11.3 Å². The van der Waals surface area contributed by atoms with Gasteiger partial charge in [-0.25, -0.2) is 5.43 Å². The van der Waals surface area contributed by atoms with Crippen molar-refractivity contribution in [2.24, 2.45) is 5.10 Å². The van der Waals surface area contributed by atoms with Crippen molar-refractivity contribution in [1.29, 1.82) is 0 Å². The third-order valence-corrected chi connectivity index (χ3v) is 6.82. The van der Waals surface area contributed by atoms with E-state index in [0.29, 0.717) is 27.0 Å². The highest BCUT2D eigenvalue weighted by Gasteiger charge is 2.26. The second-order valence-electron chi connectivity index (χ2n) is 5.73. The molecule has 2 aromatic rings. The Morgan fingerprint density at radius 2 is 2.00 bits per heavy atom. The maximum atomic E-state index is 13.0. The Labute approximate surface area is 152 Å². The highest BCUT2D eigenvalue weighted by atomic mass is 32.2. The van der Waals surface area contributed by atoms with Gasteiger partial charge in [0, 0.05) is 18.5 Å². The van der Waals surface area contributed by atoms with Crippen LogP contribution in [-0.2, 0) is 11.3 Å². The minimum Gasteiger partial charge on any atom is -0.337 e. The molecule has 0 saturated carbocycles. The van der Waals surface area contributed by atoms with Gasteiger partial charge in [0.15, 0.2) is 0 Å². The molecule has 2 aliphatic rings. The van der Waals surface area contributed by atoms with E-state index in [2.05, 4.69) is 10.5 Å². The molecule has 8 heteroatoms. The second-order valence-corrected chi connectivity index (χ2v) is 7.76. The molecule has 0 unspecified atom stereocenters. The standard InChI is InChI=1S/C17H16N4O2S2/c1-4-21-15(23)13(25-16(21)12-9(2)18-19-14(12)22)17-20(3)10-7-5-6-8-11(10)24-17/h5-8H,4H2,1-3H3,(H,19,22)/b16-12+,17-13-. The number of para-hydroxylation sites is 1. The molecule has 128 valence electrons. The predicted molar refractivity (Wildman–Crippen MR) is 102 cm³/mol. The van der Waals surface area contributed by atoms with E-state index in [-0.39, 0.29) is 11.5 Å². The molecule has 0 fully saturated rings. The highest BCUT2D eigenvalue weighted by molar-refractivity contribution is 8.08. The summed E-state index contributed by atoms with van der Waals surface area (Å²) in [7, 11) is 1.96. The minimum absolute atomic E-state index is 0.0651. The number of hydrogen-bond donors (Lipinski definition) is 1. The Balaban J connectivity index is 2.05. The van der Waals surface area contributed by atoms with Gasteiger partial charge in [0.1, 0.15) is 14.2 Å². The van der Waals surface area contributed by atoms with E-state index in [1.807, 2.05) is 43.1 Å². The van der Waals surface area contributed by atoms with Crippen molar-refractivity contribution in [2.75, 3.05) is 11.9 Å². The average Bonchev–Trinajstić information content (AvgIpc) is 3.22. The number of rotatable bonds is 1. The molecule has 0 atom stereocenters. The Hall–Kier alpha value is -2.32. The monoisotopic (exact) mass is 372 g/mol. The van der Waals surface area contributed by atoms with Crippen LogP contribution in [0.2, 0.25) is 0 Å². The van der Waals surface area contributed by atoms with E-state index in [0.717, 1.165) is 15.6 Å². The number of fused-ring (bicyclic) bond motifs is 1. The van der Waals surface area contributed by atoms with Gasteiger partial charge in [0.25, 0.3) is 11.5 Å². The summed E-state index contributed by atoms with van der Waals surface area (Å²) in [4.78, 5) is 28.3. The van der Waals surface area contributed by atoms with Crippen LogP contribution in [-0.4, -0.2) is 23.2 Å². The highest BCUT2D eigenvalue weighted by Crippen LogP contribution is 2.44. The van der Waals surface area contributed by atoms with Crippen LogP contribution < -0.4 is 25.1 Å². The lowest BCUT2D eigenvalue weighted by molar-refractivity contribution is -0.115. The number of nitrogens with zero attached hydrogens (tertiary/aromatic N) is 3. The lowest BCUT2D eigenvalue weighted by Crippen LogP contribution is -2.34. The van der Waals surface area contributed by atoms with Crippen molar-refractivity contribution in [2.45, 2.75) is 25.3 Å². The summed E-state index contributed by atoms with van der Waals surface area (Å²) >= 11 is 2.95. The Bertz CT molecular complexity index is 1110. The maximum Gasteiger partial charge on any atom is 0.276 e. The first-order chi connectivity index (χ1) is 12.0. The molecular formula is C17H16N4O2S2. The third kappa shape index (κ3) is 2.36. The summed E-state index contributed by atoms with van der Waals surface area (Å²) in [5.41, 5.74) is 4.59. The van der Waals surface area contributed by atoms with Crippen molar-refractivity contribution < 1.29 is 4.79 Å². The van der Waals surface area contributed by atoms with Crippen molar-refractivity contribution in [3.63, 3.8) is 0 Å². The third-order valence-electron chi connectivity index (χ3n) is 4.26. The van der Waals surface area contributed by atoms with Gasteiger partial charge in [-0.3, -0.25) is 14.2 Å². The fourth-order valence-corrected chi connectivity index (χ4v) is 5.59. The molecule has 0 saturated heterocycles. The quantitative estimate of drug-likeness (QED) is 0.808. The lowest BCUT2D eigenvalue weighted by Gasteiger charge is -2.11. The summed E-state index contributed by atoms with van der Waals surface area (Å²) in [5, 5.41) is 4.88. The number of carbonyl (C=O) groups is 1. The summed E-state index contributed by atoms with van der Waals surface area (Å²) in [6.07, 6.45) is 0. The molecule has 1 aromatic heterocycles. The summed E-state index contributed by atoms with van der Waals surface area (Å²) in [6.45, 7) is 4.19. The number of aromatic nitrogens is 1. The number of thioether (sulfide) groups is 1. The van der Waals surface area contributed by atoms with Gasteiger partial charge in [-0.05, 0) is 26.0 Å². The first kappa shape index (κ1) is 16.2. The molecule has 4 rings (SSSR count). The molecular weight excluding hydrogens is 356 g/mol. The molecule has 1 aromatic carbocycles. The van der Waals surface area contributed by atoms with E-state index >= 15 is 0 Å². The number of hydrogen-bond acceptors (Lipinski definition) is 6. The van der Waals surface area contributed by atoms with Gasteiger partial charge in [-0.1, -0.05) is 23.9 Å². The average molecular weight is 372 g/mol. The molecule has 2 aliphatic heterocycles. The fourth-order valence-electron chi connectivity index (χ4n) is 2.98. The van der Waals surface area contributed by atoms with Crippen molar-refractivity contribution in [1.82, 2.24) is 9.99 Å². The van der Waals surface area contributed by atoms with E-state index in [1.54, 1.807) is 23.3 Å². The van der Waals surface area contributed by atoms with Crippen LogP contribution in [0.3, 0.4) is 0 Å². The number of carbonyl (C=O) groups excluding carboxylic acids is 1. The van der Waals surface area contributed by atoms with Crippen molar-refractivity contribution in [3.8, 4) is 0 Å². The van der Waals surface area contributed by atoms with Crippen LogP contribution in [0.15, 0.2) is 39.1 Å². The molecule has 0 bridgehead atoms. The van der Waals surface area contributed by atoms with Crippen LogP contribution in [0.1, 0.15) is 13.8 Å². The van der Waals surface area contributed by atoms with Gasteiger partial charge in [-0.2, -0.15) is 5.10 Å². The van der Waals surface area contributed by atoms with Gasteiger partial charge in [0.05, 0.1) is 17.0 Å². The second kappa shape index (κ2) is 5.89. The minimum atomic E-state index is -0.256. The molecule has 6 nitrogen and oxygen atoms in total. The molecule has 0 radical (unpaired) electrons. The van der Waals surface area contributed by atoms with Crippen LogP contribution in [0.5, 0.6) is 0 Å². The van der Waals surface area contributed by atoms with Gasteiger partial charge in [0.2, 0.25) is 0 Å². The number of nitrogens with one attached hydrogen (secondary N) is 1. The Morgan fingerprint density at radius 1 is 1.24 bits per heavy atom.